The zero-order valence-electron chi connectivity index (χ0n) is 6.99. The van der Waals surface area contributed by atoms with Gasteiger partial charge in [0, 0.05) is 5.56 Å². The molecule has 0 aliphatic rings. The Balaban J connectivity index is 3.22. The Morgan fingerprint density at radius 2 is 2.00 bits per heavy atom. The highest BCUT2D eigenvalue weighted by Crippen LogP contribution is 2.36. The number of alkyl halides is 1. The highest BCUT2D eigenvalue weighted by Gasteiger charge is 2.33. The summed E-state index contributed by atoms with van der Waals surface area (Å²) < 4.78 is -1.24. The van der Waals surface area contributed by atoms with Crippen LogP contribution in [0.25, 0.3) is 0 Å². The number of hydrogen-bond donors (Lipinski definition) is 2. The summed E-state index contributed by atoms with van der Waals surface area (Å²) in [7, 11) is 0. The number of rotatable bonds is 2. The van der Waals surface area contributed by atoms with E-state index in [1.165, 1.54) is 13.0 Å². The monoisotopic (exact) mass is 244 g/mol. The van der Waals surface area contributed by atoms with Crippen molar-refractivity contribution in [3.63, 3.8) is 0 Å². The van der Waals surface area contributed by atoms with E-state index in [1.807, 2.05) is 0 Å². The third-order valence-corrected chi connectivity index (χ3v) is 2.58. The van der Waals surface area contributed by atoms with Crippen LogP contribution in [-0.4, -0.2) is 16.2 Å². The Bertz CT molecular complexity index is 333. The number of carbonyl (C=O) groups is 1. The van der Waals surface area contributed by atoms with Crippen molar-refractivity contribution in [1.82, 2.24) is 0 Å². The highest BCUT2D eigenvalue weighted by atomic mass is 79.9. The zero-order chi connectivity index (χ0) is 10.1. The van der Waals surface area contributed by atoms with Gasteiger partial charge in [0.05, 0.1) is 0 Å². The van der Waals surface area contributed by atoms with Crippen LogP contribution in [0.15, 0.2) is 24.3 Å². The Morgan fingerprint density at radius 3 is 2.46 bits per heavy atom. The fourth-order valence-corrected chi connectivity index (χ4v) is 1.32. The lowest BCUT2D eigenvalue weighted by Crippen LogP contribution is -2.24. The lowest BCUT2D eigenvalue weighted by Gasteiger charge is -2.18. The molecule has 0 heterocycles. The summed E-state index contributed by atoms with van der Waals surface area (Å²) in [5.41, 5.74) is 0.350. The summed E-state index contributed by atoms with van der Waals surface area (Å²) in [5.74, 6) is -1.06. The van der Waals surface area contributed by atoms with Crippen LogP contribution in [0.2, 0.25) is 0 Å². The summed E-state index contributed by atoms with van der Waals surface area (Å²) >= 11 is 3.05. The molecule has 1 aromatic rings. The summed E-state index contributed by atoms with van der Waals surface area (Å²) in [6.07, 6.45) is 0. The van der Waals surface area contributed by atoms with Gasteiger partial charge in [-0.25, -0.2) is 0 Å². The maximum Gasteiger partial charge on any atom is 0.324 e. The second-order valence-electron chi connectivity index (χ2n) is 2.83. The largest absolute Gasteiger partial charge is 0.508 e. The van der Waals surface area contributed by atoms with Gasteiger partial charge in [0.1, 0.15) is 10.1 Å². The first-order chi connectivity index (χ1) is 5.96. The standard InChI is InChI=1S/C9H9BrO3/c1-9(10,8(12)13)6-4-2-3-5-7(6)11/h2-5,11H,1H3,(H,12,13). The molecule has 2 N–H and O–H groups in total. The quantitative estimate of drug-likeness (QED) is 0.784. The smallest absolute Gasteiger partial charge is 0.324 e. The Labute approximate surface area is 84.1 Å². The second kappa shape index (κ2) is 3.38. The molecule has 70 valence electrons. The van der Waals surface area contributed by atoms with Crippen molar-refractivity contribution in [2.45, 2.75) is 11.2 Å². The number of hydrogen-bond acceptors (Lipinski definition) is 2. The Kier molecular flexibility index (Phi) is 2.61. The van der Waals surface area contributed by atoms with Crippen LogP contribution in [0.1, 0.15) is 12.5 Å². The molecular formula is C9H9BrO3. The van der Waals surface area contributed by atoms with Crippen LogP contribution in [-0.2, 0) is 9.12 Å². The molecule has 0 saturated heterocycles. The number of benzene rings is 1. The zero-order valence-corrected chi connectivity index (χ0v) is 8.58. The molecule has 13 heavy (non-hydrogen) atoms. The van der Waals surface area contributed by atoms with E-state index in [2.05, 4.69) is 15.9 Å². The Hall–Kier alpha value is -1.03. The fourth-order valence-electron chi connectivity index (χ4n) is 0.986. The van der Waals surface area contributed by atoms with Crippen molar-refractivity contribution in [3.05, 3.63) is 29.8 Å². The van der Waals surface area contributed by atoms with Gasteiger partial charge in [-0.2, -0.15) is 0 Å². The molecule has 1 aromatic carbocycles. The van der Waals surface area contributed by atoms with Gasteiger partial charge < -0.3 is 10.2 Å². The molecule has 0 bridgehead atoms. The predicted molar refractivity (Wildman–Crippen MR) is 52.0 cm³/mol. The second-order valence-corrected chi connectivity index (χ2v) is 4.41. The maximum atomic E-state index is 10.8. The molecule has 0 aromatic heterocycles. The minimum Gasteiger partial charge on any atom is -0.508 e. The van der Waals surface area contributed by atoms with Crippen molar-refractivity contribution in [1.29, 1.82) is 0 Å². The molecule has 0 spiro atoms. The molecule has 0 radical (unpaired) electrons. The minimum atomic E-state index is -1.24. The van der Waals surface area contributed by atoms with E-state index < -0.39 is 10.3 Å². The summed E-state index contributed by atoms with van der Waals surface area (Å²) in [5, 5.41) is 18.3. The van der Waals surface area contributed by atoms with Crippen LogP contribution in [0, 0.1) is 0 Å². The SMILES string of the molecule is CC(Br)(C(=O)O)c1ccccc1O. The first kappa shape index (κ1) is 10.1. The van der Waals surface area contributed by atoms with Crippen LogP contribution >= 0.6 is 15.9 Å². The number of halogens is 1. The molecule has 0 aliphatic heterocycles. The van der Waals surface area contributed by atoms with Gasteiger partial charge in [0.2, 0.25) is 0 Å². The summed E-state index contributed by atoms with van der Waals surface area (Å²) in [6, 6.07) is 6.34. The molecule has 4 heteroatoms. The van der Waals surface area contributed by atoms with E-state index in [0.717, 1.165) is 0 Å². The molecule has 1 rings (SSSR count). The molecule has 0 amide bonds. The lowest BCUT2D eigenvalue weighted by atomic mass is 10.0. The maximum absolute atomic E-state index is 10.8. The van der Waals surface area contributed by atoms with E-state index in [1.54, 1.807) is 18.2 Å². The minimum absolute atomic E-state index is 0.0238. The number of carboxylic acid groups (broad SMARTS) is 1. The van der Waals surface area contributed by atoms with E-state index in [-0.39, 0.29) is 5.75 Å². The van der Waals surface area contributed by atoms with E-state index in [4.69, 9.17) is 5.11 Å². The lowest BCUT2D eigenvalue weighted by molar-refractivity contribution is -0.139. The average Bonchev–Trinajstić information content (AvgIpc) is 2.04. The summed E-state index contributed by atoms with van der Waals surface area (Å²) in [4.78, 5) is 10.8. The topological polar surface area (TPSA) is 57.5 Å². The van der Waals surface area contributed by atoms with Gasteiger partial charge in [-0.05, 0) is 13.0 Å². The molecule has 1 atom stereocenters. The number of aliphatic carboxylic acids is 1. The van der Waals surface area contributed by atoms with Gasteiger partial charge in [0.25, 0.3) is 0 Å². The highest BCUT2D eigenvalue weighted by molar-refractivity contribution is 9.10. The number of phenols is 1. The number of phenolic OH excluding ortho intramolecular Hbond substituents is 1. The molecule has 0 fully saturated rings. The van der Waals surface area contributed by atoms with Crippen LogP contribution in [0.3, 0.4) is 0 Å². The van der Waals surface area contributed by atoms with Gasteiger partial charge >= 0.3 is 5.97 Å². The average molecular weight is 245 g/mol. The van der Waals surface area contributed by atoms with Crippen LogP contribution < -0.4 is 0 Å². The van der Waals surface area contributed by atoms with E-state index in [0.29, 0.717) is 5.56 Å². The Morgan fingerprint density at radius 1 is 1.46 bits per heavy atom. The molecule has 1 unspecified atom stereocenters. The molecular weight excluding hydrogens is 236 g/mol. The molecule has 0 saturated carbocycles. The van der Waals surface area contributed by atoms with Crippen molar-refractivity contribution >= 4 is 21.9 Å². The molecule has 3 nitrogen and oxygen atoms in total. The first-order valence-corrected chi connectivity index (χ1v) is 4.46. The summed E-state index contributed by atoms with van der Waals surface area (Å²) in [6.45, 7) is 1.48. The van der Waals surface area contributed by atoms with Crippen LogP contribution in [0.4, 0.5) is 0 Å². The first-order valence-electron chi connectivity index (χ1n) is 3.67. The van der Waals surface area contributed by atoms with E-state index >= 15 is 0 Å². The fraction of sp³-hybridized carbons (Fsp3) is 0.222. The number of aromatic hydroxyl groups is 1. The van der Waals surface area contributed by atoms with Crippen molar-refractivity contribution < 1.29 is 15.0 Å². The van der Waals surface area contributed by atoms with Crippen molar-refractivity contribution in [2.75, 3.05) is 0 Å². The van der Waals surface area contributed by atoms with Gasteiger partial charge in [-0.15, -0.1) is 0 Å². The van der Waals surface area contributed by atoms with Crippen LogP contribution in [0.5, 0.6) is 5.75 Å². The van der Waals surface area contributed by atoms with Gasteiger partial charge in [-0.3, -0.25) is 4.79 Å². The van der Waals surface area contributed by atoms with Gasteiger partial charge in [0.15, 0.2) is 0 Å². The molecule has 0 aliphatic carbocycles. The third-order valence-electron chi connectivity index (χ3n) is 1.81. The number of para-hydroxylation sites is 1. The normalized spacial score (nSPS) is 14.9. The van der Waals surface area contributed by atoms with E-state index in [9.17, 15) is 9.90 Å². The third kappa shape index (κ3) is 1.83. The van der Waals surface area contributed by atoms with Gasteiger partial charge in [-0.1, -0.05) is 34.1 Å². The predicted octanol–water partition coefficient (Wildman–Crippen LogP) is 2.09. The van der Waals surface area contributed by atoms with Crippen molar-refractivity contribution in [3.8, 4) is 5.75 Å². The number of carboxylic acids is 1. The van der Waals surface area contributed by atoms with Crippen molar-refractivity contribution in [2.24, 2.45) is 0 Å².